The van der Waals surface area contributed by atoms with E-state index in [0.29, 0.717) is 0 Å². The lowest BCUT2D eigenvalue weighted by Crippen LogP contribution is -2.44. The molecule has 17 heavy (non-hydrogen) atoms. The van der Waals surface area contributed by atoms with Crippen LogP contribution < -0.4 is 0 Å². The van der Waals surface area contributed by atoms with Crippen molar-refractivity contribution in [1.29, 1.82) is 0 Å². The van der Waals surface area contributed by atoms with Crippen molar-refractivity contribution < 1.29 is 0 Å². The molecule has 0 unspecified atom stereocenters. The number of rotatable bonds is 5. The molecule has 2 saturated heterocycles. The van der Waals surface area contributed by atoms with E-state index >= 15 is 0 Å². The van der Waals surface area contributed by atoms with E-state index in [1.807, 2.05) is 6.20 Å². The first-order valence-electron chi connectivity index (χ1n) is 7.20. The molecule has 2 aliphatic heterocycles. The largest absolute Gasteiger partial charge is 0.375 e. The first-order valence-corrected chi connectivity index (χ1v) is 7.20. The molecule has 0 aromatic carbocycles. The molecule has 2 fully saturated rings. The summed E-state index contributed by atoms with van der Waals surface area (Å²) in [6, 6.07) is 0. The van der Waals surface area contributed by atoms with Crippen LogP contribution in [0.4, 0.5) is 0 Å². The predicted molar refractivity (Wildman–Crippen MR) is 73.1 cm³/mol. The molecule has 2 heterocycles. The molecule has 0 saturated carbocycles. The maximum absolute atomic E-state index is 3.83. The Morgan fingerprint density at radius 1 is 0.765 bits per heavy atom. The van der Waals surface area contributed by atoms with Gasteiger partial charge in [-0.1, -0.05) is 13.0 Å². The van der Waals surface area contributed by atoms with Crippen LogP contribution in [0.3, 0.4) is 0 Å². The molecule has 0 radical (unpaired) electrons. The maximum Gasteiger partial charge on any atom is 0.0300 e. The third-order valence-corrected chi connectivity index (χ3v) is 4.06. The van der Waals surface area contributed by atoms with Crippen molar-refractivity contribution in [2.24, 2.45) is 0 Å². The summed E-state index contributed by atoms with van der Waals surface area (Å²) < 4.78 is 0. The molecule has 0 spiro atoms. The van der Waals surface area contributed by atoms with E-state index in [-0.39, 0.29) is 0 Å². The molecule has 0 bridgehead atoms. The van der Waals surface area contributed by atoms with Crippen molar-refractivity contribution in [2.45, 2.75) is 25.7 Å². The summed E-state index contributed by atoms with van der Waals surface area (Å²) in [4.78, 5) is 7.56. The van der Waals surface area contributed by atoms with Crippen molar-refractivity contribution >= 4 is 0 Å². The standard InChI is InChI=1S/C14H27N3/c1-2-15-11-13-17(14-12-15)10-6-9-16-7-4-3-5-8-16/h2H,1,3-14H2. The topological polar surface area (TPSA) is 9.72 Å². The summed E-state index contributed by atoms with van der Waals surface area (Å²) in [5.41, 5.74) is 0. The fourth-order valence-corrected chi connectivity index (χ4v) is 2.87. The lowest BCUT2D eigenvalue weighted by Gasteiger charge is -2.34. The fourth-order valence-electron chi connectivity index (χ4n) is 2.87. The van der Waals surface area contributed by atoms with E-state index in [0.717, 1.165) is 13.1 Å². The molecule has 98 valence electrons. The van der Waals surface area contributed by atoms with Crippen molar-refractivity contribution in [3.8, 4) is 0 Å². The van der Waals surface area contributed by atoms with Gasteiger partial charge in [0.1, 0.15) is 0 Å². The van der Waals surface area contributed by atoms with Crippen LogP contribution in [0.1, 0.15) is 25.7 Å². The molecular weight excluding hydrogens is 210 g/mol. The van der Waals surface area contributed by atoms with Gasteiger partial charge in [-0.05, 0) is 51.6 Å². The quantitative estimate of drug-likeness (QED) is 0.719. The van der Waals surface area contributed by atoms with Gasteiger partial charge < -0.3 is 9.80 Å². The summed E-state index contributed by atoms with van der Waals surface area (Å²) in [6.45, 7) is 13.8. The van der Waals surface area contributed by atoms with Crippen molar-refractivity contribution in [3.05, 3.63) is 12.8 Å². The third kappa shape index (κ3) is 4.32. The summed E-state index contributed by atoms with van der Waals surface area (Å²) in [5, 5.41) is 0. The van der Waals surface area contributed by atoms with E-state index in [4.69, 9.17) is 0 Å². The van der Waals surface area contributed by atoms with E-state index in [1.54, 1.807) is 0 Å². The van der Waals surface area contributed by atoms with Crippen LogP contribution in [0.2, 0.25) is 0 Å². The monoisotopic (exact) mass is 237 g/mol. The number of hydrogen-bond donors (Lipinski definition) is 0. The van der Waals surface area contributed by atoms with E-state index in [9.17, 15) is 0 Å². The van der Waals surface area contributed by atoms with Crippen molar-refractivity contribution in [3.63, 3.8) is 0 Å². The van der Waals surface area contributed by atoms with Gasteiger partial charge in [0.2, 0.25) is 0 Å². The summed E-state index contributed by atoms with van der Waals surface area (Å²) >= 11 is 0. The van der Waals surface area contributed by atoms with Gasteiger partial charge >= 0.3 is 0 Å². The Morgan fingerprint density at radius 2 is 1.35 bits per heavy atom. The highest BCUT2D eigenvalue weighted by Gasteiger charge is 2.14. The SMILES string of the molecule is C=CN1CCN(CCCN2CCCCC2)CC1. The summed E-state index contributed by atoms with van der Waals surface area (Å²) in [6.07, 6.45) is 7.59. The Balaban J connectivity index is 1.54. The number of likely N-dealkylation sites (tertiary alicyclic amines) is 1. The average molecular weight is 237 g/mol. The van der Waals surface area contributed by atoms with Gasteiger partial charge in [0.25, 0.3) is 0 Å². The van der Waals surface area contributed by atoms with E-state index in [2.05, 4.69) is 21.3 Å². The first kappa shape index (κ1) is 12.9. The summed E-state index contributed by atoms with van der Waals surface area (Å²) in [7, 11) is 0. The minimum atomic E-state index is 1.16. The average Bonchev–Trinajstić information content (AvgIpc) is 2.41. The van der Waals surface area contributed by atoms with Gasteiger partial charge in [-0.3, -0.25) is 4.90 Å². The third-order valence-electron chi connectivity index (χ3n) is 4.06. The normalized spacial score (nSPS) is 23.9. The Hall–Kier alpha value is -0.540. The van der Waals surface area contributed by atoms with E-state index in [1.165, 1.54) is 65.0 Å². The molecule has 0 aliphatic carbocycles. The van der Waals surface area contributed by atoms with Gasteiger partial charge in [-0.2, -0.15) is 0 Å². The summed E-state index contributed by atoms with van der Waals surface area (Å²) in [5.74, 6) is 0. The Bertz CT molecular complexity index is 216. The zero-order chi connectivity index (χ0) is 11.9. The zero-order valence-corrected chi connectivity index (χ0v) is 11.1. The van der Waals surface area contributed by atoms with Crippen LogP contribution in [0.15, 0.2) is 12.8 Å². The molecular formula is C14H27N3. The van der Waals surface area contributed by atoms with Crippen LogP contribution in [0, 0.1) is 0 Å². The van der Waals surface area contributed by atoms with Crippen LogP contribution in [0.25, 0.3) is 0 Å². The predicted octanol–water partition coefficient (Wildman–Crippen LogP) is 1.62. The smallest absolute Gasteiger partial charge is 0.0300 e. The highest BCUT2D eigenvalue weighted by Crippen LogP contribution is 2.09. The molecule has 0 atom stereocenters. The Kier molecular flexibility index (Phi) is 5.33. The molecule has 0 aromatic rings. The highest BCUT2D eigenvalue weighted by molar-refractivity contribution is 4.78. The second-order valence-electron chi connectivity index (χ2n) is 5.32. The van der Waals surface area contributed by atoms with Crippen LogP contribution >= 0.6 is 0 Å². The minimum absolute atomic E-state index is 1.16. The van der Waals surface area contributed by atoms with Gasteiger partial charge in [-0.25, -0.2) is 0 Å². The van der Waals surface area contributed by atoms with Crippen LogP contribution in [0.5, 0.6) is 0 Å². The van der Waals surface area contributed by atoms with E-state index < -0.39 is 0 Å². The second-order valence-corrected chi connectivity index (χ2v) is 5.32. The minimum Gasteiger partial charge on any atom is -0.375 e. The second kappa shape index (κ2) is 7.02. The van der Waals surface area contributed by atoms with Gasteiger partial charge in [0, 0.05) is 26.2 Å². The zero-order valence-electron chi connectivity index (χ0n) is 11.1. The number of nitrogens with zero attached hydrogens (tertiary/aromatic N) is 3. The number of hydrogen-bond acceptors (Lipinski definition) is 3. The molecule has 2 aliphatic rings. The molecule has 2 rings (SSSR count). The first-order chi connectivity index (χ1) is 8.38. The van der Waals surface area contributed by atoms with Crippen molar-refractivity contribution in [1.82, 2.24) is 14.7 Å². The molecule has 0 amide bonds. The number of piperidine rings is 1. The molecule has 3 nitrogen and oxygen atoms in total. The Morgan fingerprint density at radius 3 is 1.94 bits per heavy atom. The lowest BCUT2D eigenvalue weighted by molar-refractivity contribution is 0.154. The van der Waals surface area contributed by atoms with Crippen LogP contribution in [-0.2, 0) is 0 Å². The maximum atomic E-state index is 3.83. The van der Waals surface area contributed by atoms with Gasteiger partial charge in [0.15, 0.2) is 0 Å². The molecule has 0 aromatic heterocycles. The molecule has 0 N–H and O–H groups in total. The van der Waals surface area contributed by atoms with Gasteiger partial charge in [0.05, 0.1) is 0 Å². The lowest BCUT2D eigenvalue weighted by atomic mass is 10.1. The van der Waals surface area contributed by atoms with Crippen LogP contribution in [-0.4, -0.2) is 67.1 Å². The fraction of sp³-hybridized carbons (Fsp3) is 0.857. The molecule has 3 heteroatoms. The number of piperazine rings is 1. The van der Waals surface area contributed by atoms with Gasteiger partial charge in [-0.15, -0.1) is 0 Å². The van der Waals surface area contributed by atoms with Crippen molar-refractivity contribution in [2.75, 3.05) is 52.4 Å². The Labute approximate surface area is 106 Å². The highest BCUT2D eigenvalue weighted by atomic mass is 15.2.